The van der Waals surface area contributed by atoms with Crippen molar-refractivity contribution in [3.8, 4) is 0 Å². The van der Waals surface area contributed by atoms with Crippen LogP contribution in [0, 0.1) is 0 Å². The Morgan fingerprint density at radius 2 is 1.39 bits per heavy atom. The number of esters is 1. The van der Waals surface area contributed by atoms with E-state index in [9.17, 15) is 4.79 Å². The first-order valence-electron chi connectivity index (χ1n) is 9.15. The van der Waals surface area contributed by atoms with Gasteiger partial charge >= 0.3 is 5.97 Å². The van der Waals surface area contributed by atoms with Gasteiger partial charge < -0.3 is 9.84 Å². The molecule has 4 nitrogen and oxygen atoms in total. The maximum absolute atomic E-state index is 11.3. The minimum atomic E-state index is -0.121. The van der Waals surface area contributed by atoms with Crippen LogP contribution in [-0.4, -0.2) is 61.3 Å². The molecule has 0 atom stereocenters. The van der Waals surface area contributed by atoms with Gasteiger partial charge in [0.15, 0.2) is 0 Å². The van der Waals surface area contributed by atoms with E-state index in [1.54, 1.807) is 0 Å². The Bertz CT molecular complexity index is 263. The summed E-state index contributed by atoms with van der Waals surface area (Å²) >= 11 is 1.96. The van der Waals surface area contributed by atoms with Crippen molar-refractivity contribution in [3.05, 3.63) is 0 Å². The fourth-order valence-corrected chi connectivity index (χ4v) is 3.25. The van der Waals surface area contributed by atoms with Crippen molar-refractivity contribution in [2.24, 2.45) is 0 Å². The molecule has 5 heteroatoms. The van der Waals surface area contributed by atoms with Gasteiger partial charge in [0.25, 0.3) is 0 Å². The summed E-state index contributed by atoms with van der Waals surface area (Å²) in [6.07, 6.45) is 12.3. The number of nitrogens with zero attached hydrogens (tertiary/aromatic N) is 1. The highest BCUT2D eigenvalue weighted by molar-refractivity contribution is 7.99. The second-order valence-electron chi connectivity index (χ2n) is 6.33. The van der Waals surface area contributed by atoms with Gasteiger partial charge in [0.1, 0.15) is 0 Å². The first-order chi connectivity index (χ1) is 11.2. The van der Waals surface area contributed by atoms with Crippen LogP contribution in [0.2, 0.25) is 0 Å². The Kier molecular flexibility index (Phi) is 17.9. The SMILES string of the molecule is CN(C)CC(=O)OCCCCCCCCCCCSCCCO. The Labute approximate surface area is 147 Å². The largest absolute Gasteiger partial charge is 0.465 e. The Morgan fingerprint density at radius 3 is 1.96 bits per heavy atom. The zero-order valence-corrected chi connectivity index (χ0v) is 16.0. The number of ether oxygens (including phenoxy) is 1. The zero-order chi connectivity index (χ0) is 17.2. The lowest BCUT2D eigenvalue weighted by atomic mass is 10.1. The van der Waals surface area contributed by atoms with Crippen molar-refractivity contribution >= 4 is 17.7 Å². The maximum Gasteiger partial charge on any atom is 0.320 e. The molecule has 0 amide bonds. The van der Waals surface area contributed by atoms with E-state index in [2.05, 4.69) is 0 Å². The number of hydrogen-bond acceptors (Lipinski definition) is 5. The van der Waals surface area contributed by atoms with Gasteiger partial charge in [0, 0.05) is 6.61 Å². The van der Waals surface area contributed by atoms with E-state index in [1.165, 1.54) is 50.7 Å². The fourth-order valence-electron chi connectivity index (χ4n) is 2.30. The summed E-state index contributed by atoms with van der Waals surface area (Å²) in [4.78, 5) is 13.1. The summed E-state index contributed by atoms with van der Waals surface area (Å²) < 4.78 is 5.16. The minimum Gasteiger partial charge on any atom is -0.465 e. The molecule has 0 radical (unpaired) electrons. The summed E-state index contributed by atoms with van der Waals surface area (Å²) in [5.74, 6) is 2.22. The smallest absolute Gasteiger partial charge is 0.320 e. The molecular formula is C18H37NO3S. The average Bonchev–Trinajstić information content (AvgIpc) is 2.50. The standard InChI is InChI=1S/C18H37NO3S/c1-19(2)17-18(21)22-14-10-8-6-4-3-5-7-9-11-15-23-16-12-13-20/h20H,3-17H2,1-2H3. The summed E-state index contributed by atoms with van der Waals surface area (Å²) in [7, 11) is 3.74. The van der Waals surface area contributed by atoms with E-state index in [4.69, 9.17) is 9.84 Å². The lowest BCUT2D eigenvalue weighted by molar-refractivity contribution is -0.144. The normalized spacial score (nSPS) is 11.1. The molecule has 0 unspecified atom stereocenters. The van der Waals surface area contributed by atoms with E-state index in [0.29, 0.717) is 19.8 Å². The molecule has 0 spiro atoms. The molecule has 0 aromatic heterocycles. The van der Waals surface area contributed by atoms with E-state index >= 15 is 0 Å². The van der Waals surface area contributed by atoms with Gasteiger partial charge in [-0.2, -0.15) is 11.8 Å². The molecule has 0 aliphatic rings. The lowest BCUT2D eigenvalue weighted by Gasteiger charge is -2.09. The van der Waals surface area contributed by atoms with Crippen molar-refractivity contribution < 1.29 is 14.6 Å². The maximum atomic E-state index is 11.3. The number of likely N-dealkylation sites (N-methyl/N-ethyl adjacent to an activating group) is 1. The van der Waals surface area contributed by atoms with Gasteiger partial charge in [-0.1, -0.05) is 44.9 Å². The molecule has 0 aromatic rings. The zero-order valence-electron chi connectivity index (χ0n) is 15.2. The molecule has 0 rings (SSSR count). The predicted octanol–water partition coefficient (Wildman–Crippen LogP) is 3.72. The molecule has 138 valence electrons. The molecule has 0 aliphatic heterocycles. The van der Waals surface area contributed by atoms with Crippen LogP contribution >= 0.6 is 11.8 Å². The molecule has 0 fully saturated rings. The number of aliphatic hydroxyl groups excluding tert-OH is 1. The Hall–Kier alpha value is -0.260. The van der Waals surface area contributed by atoms with Crippen LogP contribution in [0.5, 0.6) is 0 Å². The van der Waals surface area contributed by atoms with Crippen molar-refractivity contribution in [2.75, 3.05) is 45.4 Å². The molecule has 0 saturated heterocycles. The number of aliphatic hydroxyl groups is 1. The highest BCUT2D eigenvalue weighted by Crippen LogP contribution is 2.12. The van der Waals surface area contributed by atoms with Crippen LogP contribution in [0.1, 0.15) is 64.2 Å². The topological polar surface area (TPSA) is 49.8 Å². The Morgan fingerprint density at radius 1 is 0.870 bits per heavy atom. The van der Waals surface area contributed by atoms with Crippen molar-refractivity contribution in [2.45, 2.75) is 64.2 Å². The minimum absolute atomic E-state index is 0.121. The van der Waals surface area contributed by atoms with E-state index < -0.39 is 0 Å². The summed E-state index contributed by atoms with van der Waals surface area (Å²) in [5, 5.41) is 8.68. The number of carbonyl (C=O) groups excluding carboxylic acids is 1. The van der Waals surface area contributed by atoms with Crippen LogP contribution in [-0.2, 0) is 9.53 Å². The quantitative estimate of drug-likeness (QED) is 0.321. The first kappa shape index (κ1) is 22.7. The number of unbranched alkanes of at least 4 members (excludes halogenated alkanes) is 8. The van der Waals surface area contributed by atoms with Gasteiger partial charge in [0.2, 0.25) is 0 Å². The van der Waals surface area contributed by atoms with E-state index in [1.807, 2.05) is 30.8 Å². The summed E-state index contributed by atoms with van der Waals surface area (Å²) in [6.45, 7) is 1.27. The molecule has 0 aromatic carbocycles. The molecule has 1 N–H and O–H groups in total. The number of rotatable bonds is 17. The third-order valence-corrected chi connectivity index (χ3v) is 4.74. The third kappa shape index (κ3) is 19.7. The highest BCUT2D eigenvalue weighted by atomic mass is 32.2. The van der Waals surface area contributed by atoms with Crippen LogP contribution in [0.4, 0.5) is 0 Å². The van der Waals surface area contributed by atoms with Crippen molar-refractivity contribution in [1.29, 1.82) is 0 Å². The predicted molar refractivity (Wildman–Crippen MR) is 100 cm³/mol. The molecule has 0 bridgehead atoms. The second-order valence-corrected chi connectivity index (χ2v) is 7.55. The van der Waals surface area contributed by atoms with Crippen molar-refractivity contribution in [1.82, 2.24) is 4.90 Å². The first-order valence-corrected chi connectivity index (χ1v) is 10.3. The van der Waals surface area contributed by atoms with Gasteiger partial charge in [-0.3, -0.25) is 9.69 Å². The Balaban J connectivity index is 3.06. The van der Waals surface area contributed by atoms with Crippen LogP contribution in [0.15, 0.2) is 0 Å². The number of hydrogen-bond donors (Lipinski definition) is 1. The van der Waals surface area contributed by atoms with Crippen LogP contribution < -0.4 is 0 Å². The third-order valence-electron chi connectivity index (χ3n) is 3.59. The fraction of sp³-hybridized carbons (Fsp3) is 0.944. The van der Waals surface area contributed by atoms with Crippen molar-refractivity contribution in [3.63, 3.8) is 0 Å². The monoisotopic (exact) mass is 347 g/mol. The molecule has 0 aliphatic carbocycles. The van der Waals surface area contributed by atoms with Crippen LogP contribution in [0.25, 0.3) is 0 Å². The second kappa shape index (κ2) is 18.1. The van der Waals surface area contributed by atoms with E-state index in [-0.39, 0.29) is 5.97 Å². The molecular weight excluding hydrogens is 310 g/mol. The van der Waals surface area contributed by atoms with Crippen LogP contribution in [0.3, 0.4) is 0 Å². The number of carbonyl (C=O) groups is 1. The lowest BCUT2D eigenvalue weighted by Crippen LogP contribution is -2.23. The molecule has 23 heavy (non-hydrogen) atoms. The average molecular weight is 348 g/mol. The highest BCUT2D eigenvalue weighted by Gasteiger charge is 2.03. The van der Waals surface area contributed by atoms with Gasteiger partial charge in [-0.25, -0.2) is 0 Å². The van der Waals surface area contributed by atoms with E-state index in [0.717, 1.165) is 25.0 Å². The number of thioether (sulfide) groups is 1. The van der Waals surface area contributed by atoms with Gasteiger partial charge in [0.05, 0.1) is 13.2 Å². The summed E-state index contributed by atoms with van der Waals surface area (Å²) in [5.41, 5.74) is 0. The van der Waals surface area contributed by atoms with Gasteiger partial charge in [-0.15, -0.1) is 0 Å². The molecule has 0 saturated carbocycles. The molecule has 0 heterocycles. The van der Waals surface area contributed by atoms with Gasteiger partial charge in [-0.05, 0) is 44.9 Å². The summed E-state index contributed by atoms with van der Waals surface area (Å²) in [6, 6.07) is 0.